The van der Waals surface area contributed by atoms with Crippen molar-refractivity contribution < 1.29 is 18.1 Å². The summed E-state index contributed by atoms with van der Waals surface area (Å²) in [6.07, 6.45) is 0.953. The first-order valence-corrected chi connectivity index (χ1v) is 11.4. The molecule has 0 radical (unpaired) electrons. The van der Waals surface area contributed by atoms with Crippen LogP contribution in [0.25, 0.3) is 0 Å². The van der Waals surface area contributed by atoms with E-state index < -0.39 is 27.4 Å². The van der Waals surface area contributed by atoms with E-state index in [4.69, 9.17) is 0 Å². The van der Waals surface area contributed by atoms with Crippen molar-refractivity contribution in [1.82, 2.24) is 5.32 Å². The molecule has 0 bridgehead atoms. The van der Waals surface area contributed by atoms with Crippen molar-refractivity contribution in [1.29, 1.82) is 0 Å². The Labute approximate surface area is 168 Å². The molecule has 2 aromatic rings. The molecule has 0 unspecified atom stereocenters. The molecule has 0 saturated carbocycles. The van der Waals surface area contributed by atoms with Crippen LogP contribution in [0.2, 0.25) is 0 Å². The molecule has 150 valence electrons. The fourth-order valence-corrected chi connectivity index (χ4v) is 4.04. The van der Waals surface area contributed by atoms with Crippen LogP contribution in [0.5, 0.6) is 0 Å². The standard InChI is InChI=1S/C18H21N3O5S2/c1-28(25,26)20(16-8-5-9-17(12-16)21(23)24)13-18(22)19-10-11-27-14-15-6-3-2-4-7-15/h2-9,12H,10-11,13-14H2,1H3,(H,19,22). The molecule has 1 N–H and O–H groups in total. The molecule has 0 fully saturated rings. The SMILES string of the molecule is CS(=O)(=O)N(CC(=O)NCCSCc1ccccc1)c1cccc([N+](=O)[O-])c1. The monoisotopic (exact) mass is 423 g/mol. The van der Waals surface area contributed by atoms with Crippen molar-refractivity contribution in [3.05, 3.63) is 70.3 Å². The number of carbonyl (C=O) groups is 1. The Kier molecular flexibility index (Phi) is 7.82. The largest absolute Gasteiger partial charge is 0.354 e. The Morgan fingerprint density at radius 3 is 2.54 bits per heavy atom. The zero-order valence-corrected chi connectivity index (χ0v) is 16.9. The van der Waals surface area contributed by atoms with Gasteiger partial charge < -0.3 is 5.32 Å². The predicted octanol–water partition coefficient (Wildman–Crippen LogP) is 2.41. The van der Waals surface area contributed by atoms with Crippen LogP contribution in [-0.2, 0) is 20.6 Å². The molecular weight excluding hydrogens is 402 g/mol. The van der Waals surface area contributed by atoms with E-state index in [1.165, 1.54) is 23.8 Å². The highest BCUT2D eigenvalue weighted by atomic mass is 32.2. The van der Waals surface area contributed by atoms with E-state index in [-0.39, 0.29) is 11.4 Å². The number of nitro benzene ring substituents is 1. The molecule has 0 aliphatic carbocycles. The van der Waals surface area contributed by atoms with Crippen molar-refractivity contribution in [2.75, 3.05) is 29.4 Å². The second-order valence-corrected chi connectivity index (χ2v) is 8.95. The topological polar surface area (TPSA) is 110 Å². The zero-order chi connectivity index (χ0) is 20.6. The van der Waals surface area contributed by atoms with Gasteiger partial charge in [-0.1, -0.05) is 36.4 Å². The Bertz CT molecular complexity index is 920. The van der Waals surface area contributed by atoms with Crippen LogP contribution in [0.4, 0.5) is 11.4 Å². The Hall–Kier alpha value is -2.59. The third-order valence-electron chi connectivity index (χ3n) is 3.70. The molecule has 0 aliphatic rings. The fraction of sp³-hybridized carbons (Fsp3) is 0.278. The van der Waals surface area contributed by atoms with Crippen LogP contribution in [0.3, 0.4) is 0 Å². The number of non-ortho nitro benzene ring substituents is 1. The van der Waals surface area contributed by atoms with Crippen LogP contribution in [0, 0.1) is 10.1 Å². The molecular formula is C18H21N3O5S2. The minimum atomic E-state index is -3.78. The molecule has 2 rings (SSSR count). The first kappa shape index (κ1) is 21.7. The van der Waals surface area contributed by atoms with E-state index >= 15 is 0 Å². The summed E-state index contributed by atoms with van der Waals surface area (Å²) in [5.41, 5.74) is 1.02. The molecule has 0 aromatic heterocycles. The molecule has 10 heteroatoms. The number of amides is 1. The average molecular weight is 424 g/mol. The lowest BCUT2D eigenvalue weighted by atomic mass is 10.2. The summed E-state index contributed by atoms with van der Waals surface area (Å²) in [5, 5.41) is 13.6. The number of anilines is 1. The van der Waals surface area contributed by atoms with Gasteiger partial charge in [0, 0.05) is 30.2 Å². The van der Waals surface area contributed by atoms with Gasteiger partial charge >= 0.3 is 0 Å². The van der Waals surface area contributed by atoms with Crippen molar-refractivity contribution in [3.63, 3.8) is 0 Å². The Morgan fingerprint density at radius 1 is 1.18 bits per heavy atom. The normalized spacial score (nSPS) is 11.0. The Balaban J connectivity index is 1.89. The summed E-state index contributed by atoms with van der Waals surface area (Å²) in [6.45, 7) is -0.0494. The first-order valence-electron chi connectivity index (χ1n) is 8.38. The third-order valence-corrected chi connectivity index (χ3v) is 5.87. The molecule has 0 saturated heterocycles. The molecule has 0 atom stereocenters. The molecule has 1 amide bonds. The van der Waals surface area contributed by atoms with Crippen molar-refractivity contribution in [2.45, 2.75) is 5.75 Å². The number of rotatable bonds is 10. The molecule has 0 aliphatic heterocycles. The summed E-state index contributed by atoms with van der Waals surface area (Å²) in [4.78, 5) is 22.5. The van der Waals surface area contributed by atoms with Gasteiger partial charge in [-0.05, 0) is 11.6 Å². The number of benzene rings is 2. The maximum absolute atomic E-state index is 12.2. The second kappa shape index (κ2) is 10.1. The number of thioether (sulfide) groups is 1. The molecule has 8 nitrogen and oxygen atoms in total. The molecule has 2 aromatic carbocycles. The van der Waals surface area contributed by atoms with Gasteiger partial charge in [-0.25, -0.2) is 8.42 Å². The van der Waals surface area contributed by atoms with Gasteiger partial charge in [0.15, 0.2) is 0 Å². The number of nitrogens with one attached hydrogen (secondary N) is 1. The average Bonchev–Trinajstić information content (AvgIpc) is 2.66. The van der Waals surface area contributed by atoms with Gasteiger partial charge in [-0.2, -0.15) is 11.8 Å². The highest BCUT2D eigenvalue weighted by molar-refractivity contribution is 7.98. The van der Waals surface area contributed by atoms with Crippen molar-refractivity contribution >= 4 is 39.1 Å². The number of nitro groups is 1. The lowest BCUT2D eigenvalue weighted by molar-refractivity contribution is -0.384. The Morgan fingerprint density at radius 2 is 1.89 bits per heavy atom. The van der Waals surface area contributed by atoms with E-state index in [0.29, 0.717) is 12.3 Å². The van der Waals surface area contributed by atoms with E-state index in [0.717, 1.165) is 22.4 Å². The fourth-order valence-electron chi connectivity index (χ4n) is 2.37. The van der Waals surface area contributed by atoms with Crippen LogP contribution in [-0.4, -0.2) is 44.3 Å². The van der Waals surface area contributed by atoms with E-state index in [1.807, 2.05) is 30.3 Å². The smallest absolute Gasteiger partial charge is 0.271 e. The van der Waals surface area contributed by atoms with Gasteiger partial charge in [0.25, 0.3) is 5.69 Å². The van der Waals surface area contributed by atoms with Crippen LogP contribution < -0.4 is 9.62 Å². The lowest BCUT2D eigenvalue weighted by Gasteiger charge is -2.21. The number of hydrogen-bond acceptors (Lipinski definition) is 6. The number of hydrogen-bond donors (Lipinski definition) is 1. The molecule has 0 spiro atoms. The predicted molar refractivity (Wildman–Crippen MR) is 111 cm³/mol. The summed E-state index contributed by atoms with van der Waals surface area (Å²) in [5.74, 6) is 1.02. The number of carbonyl (C=O) groups excluding carboxylic acids is 1. The van der Waals surface area contributed by atoms with Gasteiger partial charge in [0.1, 0.15) is 6.54 Å². The van der Waals surface area contributed by atoms with Gasteiger partial charge in [-0.3, -0.25) is 19.2 Å². The van der Waals surface area contributed by atoms with Gasteiger partial charge in [0.05, 0.1) is 16.9 Å². The summed E-state index contributed by atoms with van der Waals surface area (Å²) >= 11 is 1.65. The summed E-state index contributed by atoms with van der Waals surface area (Å²) < 4.78 is 25.0. The first-order chi connectivity index (χ1) is 13.3. The van der Waals surface area contributed by atoms with E-state index in [9.17, 15) is 23.3 Å². The lowest BCUT2D eigenvalue weighted by Crippen LogP contribution is -2.41. The van der Waals surface area contributed by atoms with E-state index in [1.54, 1.807) is 11.8 Å². The third kappa shape index (κ3) is 6.86. The number of nitrogens with zero attached hydrogens (tertiary/aromatic N) is 2. The van der Waals surface area contributed by atoms with Gasteiger partial charge in [0.2, 0.25) is 15.9 Å². The summed E-state index contributed by atoms with van der Waals surface area (Å²) in [6, 6.07) is 15.1. The molecule has 0 heterocycles. The van der Waals surface area contributed by atoms with Crippen LogP contribution in [0.1, 0.15) is 5.56 Å². The highest BCUT2D eigenvalue weighted by Gasteiger charge is 2.22. The maximum atomic E-state index is 12.2. The van der Waals surface area contributed by atoms with Gasteiger partial charge in [-0.15, -0.1) is 0 Å². The summed E-state index contributed by atoms with van der Waals surface area (Å²) in [7, 11) is -3.78. The van der Waals surface area contributed by atoms with Crippen molar-refractivity contribution in [2.24, 2.45) is 0 Å². The molecule has 28 heavy (non-hydrogen) atoms. The quantitative estimate of drug-likeness (QED) is 0.357. The number of sulfonamides is 1. The minimum Gasteiger partial charge on any atom is -0.354 e. The van der Waals surface area contributed by atoms with Crippen LogP contribution in [0.15, 0.2) is 54.6 Å². The maximum Gasteiger partial charge on any atom is 0.271 e. The van der Waals surface area contributed by atoms with Crippen molar-refractivity contribution in [3.8, 4) is 0 Å². The highest BCUT2D eigenvalue weighted by Crippen LogP contribution is 2.22. The van der Waals surface area contributed by atoms with Crippen LogP contribution >= 0.6 is 11.8 Å². The second-order valence-electron chi connectivity index (χ2n) is 5.93. The minimum absolute atomic E-state index is 0.0744. The van der Waals surface area contributed by atoms with E-state index in [2.05, 4.69) is 5.32 Å². The zero-order valence-electron chi connectivity index (χ0n) is 15.3.